The zero-order valence-corrected chi connectivity index (χ0v) is 11.2. The van der Waals surface area contributed by atoms with E-state index in [1.807, 2.05) is 6.92 Å². The molecular formula is C14H18F3NO2. The summed E-state index contributed by atoms with van der Waals surface area (Å²) in [5.74, 6) is -0.146. The lowest BCUT2D eigenvalue weighted by atomic mass is 10.0. The molecule has 20 heavy (non-hydrogen) atoms. The van der Waals surface area contributed by atoms with Gasteiger partial charge in [0.05, 0.1) is 6.10 Å². The third-order valence-corrected chi connectivity index (χ3v) is 3.26. The standard InChI is InChI=1S/C14H18F3NO2/c1-10-8-12(6-7-19-10)18-9-11-4-2-3-5-13(11)20-14(15,16)17/h2-5,10,12,18H,6-9H2,1H3. The van der Waals surface area contributed by atoms with E-state index in [1.165, 1.54) is 12.1 Å². The SMILES string of the molecule is CC1CC(NCc2ccccc2OC(F)(F)F)CCO1. The summed E-state index contributed by atoms with van der Waals surface area (Å²) in [4.78, 5) is 0. The lowest BCUT2D eigenvalue weighted by molar-refractivity contribution is -0.274. The lowest BCUT2D eigenvalue weighted by Crippen LogP contribution is -2.37. The number of nitrogens with one attached hydrogen (secondary N) is 1. The molecule has 0 radical (unpaired) electrons. The number of alkyl halides is 3. The molecule has 6 heteroatoms. The summed E-state index contributed by atoms with van der Waals surface area (Å²) in [6.45, 7) is 3.03. The first kappa shape index (κ1) is 15.1. The van der Waals surface area contributed by atoms with Crippen LogP contribution in [-0.2, 0) is 11.3 Å². The average molecular weight is 289 g/mol. The van der Waals surface area contributed by atoms with Crippen molar-refractivity contribution in [2.24, 2.45) is 0 Å². The van der Waals surface area contributed by atoms with Crippen LogP contribution in [0.25, 0.3) is 0 Å². The molecule has 2 unspecified atom stereocenters. The molecule has 2 rings (SSSR count). The first-order valence-electron chi connectivity index (χ1n) is 6.62. The van der Waals surface area contributed by atoms with E-state index >= 15 is 0 Å². The molecule has 1 aliphatic heterocycles. The van der Waals surface area contributed by atoms with Crippen LogP contribution in [0.5, 0.6) is 5.75 Å². The van der Waals surface area contributed by atoms with Crippen molar-refractivity contribution < 1.29 is 22.6 Å². The Labute approximate surface area is 116 Å². The van der Waals surface area contributed by atoms with Gasteiger partial charge in [-0.1, -0.05) is 18.2 Å². The normalized spacial score (nSPS) is 23.6. The Morgan fingerprint density at radius 2 is 2.10 bits per heavy atom. The molecule has 2 atom stereocenters. The van der Waals surface area contributed by atoms with Gasteiger partial charge in [-0.25, -0.2) is 0 Å². The minimum absolute atomic E-state index is 0.146. The van der Waals surface area contributed by atoms with Crippen molar-refractivity contribution in [3.8, 4) is 5.75 Å². The molecule has 3 nitrogen and oxygen atoms in total. The van der Waals surface area contributed by atoms with E-state index in [-0.39, 0.29) is 17.9 Å². The van der Waals surface area contributed by atoms with Crippen LogP contribution in [0.3, 0.4) is 0 Å². The van der Waals surface area contributed by atoms with Crippen molar-refractivity contribution >= 4 is 0 Å². The van der Waals surface area contributed by atoms with Gasteiger partial charge in [-0.3, -0.25) is 0 Å². The second-order valence-corrected chi connectivity index (χ2v) is 4.94. The number of rotatable bonds is 4. The van der Waals surface area contributed by atoms with Crippen molar-refractivity contribution in [3.63, 3.8) is 0 Å². The van der Waals surface area contributed by atoms with Gasteiger partial charge in [0.2, 0.25) is 0 Å². The van der Waals surface area contributed by atoms with Crippen LogP contribution in [0, 0.1) is 0 Å². The summed E-state index contributed by atoms with van der Waals surface area (Å²) in [6, 6.07) is 6.46. The Bertz CT molecular complexity index is 437. The summed E-state index contributed by atoms with van der Waals surface area (Å²) in [5, 5.41) is 3.27. The van der Waals surface area contributed by atoms with E-state index in [1.54, 1.807) is 12.1 Å². The molecule has 0 aliphatic carbocycles. The van der Waals surface area contributed by atoms with E-state index in [9.17, 15) is 13.2 Å². The van der Waals surface area contributed by atoms with E-state index in [0.29, 0.717) is 18.7 Å². The fourth-order valence-electron chi connectivity index (χ4n) is 2.31. The second-order valence-electron chi connectivity index (χ2n) is 4.94. The first-order chi connectivity index (χ1) is 9.44. The van der Waals surface area contributed by atoms with Crippen molar-refractivity contribution in [3.05, 3.63) is 29.8 Å². The molecule has 0 saturated carbocycles. The van der Waals surface area contributed by atoms with Gasteiger partial charge >= 0.3 is 6.36 Å². The molecule has 0 aromatic heterocycles. The average Bonchev–Trinajstić information content (AvgIpc) is 2.36. The highest BCUT2D eigenvalue weighted by atomic mass is 19.4. The Morgan fingerprint density at radius 1 is 1.35 bits per heavy atom. The van der Waals surface area contributed by atoms with Crippen molar-refractivity contribution in [1.29, 1.82) is 0 Å². The van der Waals surface area contributed by atoms with E-state index in [4.69, 9.17) is 4.74 Å². The fourth-order valence-corrected chi connectivity index (χ4v) is 2.31. The smallest absolute Gasteiger partial charge is 0.405 e. The topological polar surface area (TPSA) is 30.5 Å². The molecule has 0 spiro atoms. The molecule has 1 N–H and O–H groups in total. The maximum absolute atomic E-state index is 12.3. The molecule has 0 amide bonds. The van der Waals surface area contributed by atoms with Crippen LogP contribution in [-0.4, -0.2) is 25.1 Å². The van der Waals surface area contributed by atoms with Crippen LogP contribution >= 0.6 is 0 Å². The quantitative estimate of drug-likeness (QED) is 0.923. The summed E-state index contributed by atoms with van der Waals surface area (Å²) < 4.78 is 46.4. The molecule has 1 aliphatic rings. The van der Waals surface area contributed by atoms with Crippen LogP contribution in [0.2, 0.25) is 0 Å². The predicted octanol–water partition coefficient (Wildman–Crippen LogP) is 3.24. The van der Waals surface area contributed by atoms with Crippen LogP contribution in [0.1, 0.15) is 25.3 Å². The monoisotopic (exact) mass is 289 g/mol. The minimum atomic E-state index is -4.66. The Morgan fingerprint density at radius 3 is 2.80 bits per heavy atom. The molecule has 1 heterocycles. The zero-order valence-electron chi connectivity index (χ0n) is 11.2. The van der Waals surface area contributed by atoms with Crippen LogP contribution in [0.15, 0.2) is 24.3 Å². The molecule has 0 bridgehead atoms. The zero-order chi connectivity index (χ0) is 14.6. The number of benzene rings is 1. The van der Waals surface area contributed by atoms with Gasteiger partial charge in [-0.05, 0) is 25.8 Å². The highest BCUT2D eigenvalue weighted by Gasteiger charge is 2.32. The van der Waals surface area contributed by atoms with Gasteiger partial charge in [0, 0.05) is 24.8 Å². The second kappa shape index (κ2) is 6.45. The van der Waals surface area contributed by atoms with Gasteiger partial charge in [0.25, 0.3) is 0 Å². The Kier molecular flexibility index (Phi) is 4.88. The Balaban J connectivity index is 1.95. The maximum atomic E-state index is 12.3. The highest BCUT2D eigenvalue weighted by Crippen LogP contribution is 2.26. The predicted molar refractivity (Wildman–Crippen MR) is 68.4 cm³/mol. The lowest BCUT2D eigenvalue weighted by Gasteiger charge is -2.28. The number of hydrogen-bond acceptors (Lipinski definition) is 3. The van der Waals surface area contributed by atoms with Gasteiger partial charge in [0.1, 0.15) is 5.75 Å². The molecule has 1 fully saturated rings. The fraction of sp³-hybridized carbons (Fsp3) is 0.571. The third kappa shape index (κ3) is 4.68. The van der Waals surface area contributed by atoms with E-state index in [0.717, 1.165) is 12.8 Å². The molecule has 1 aromatic rings. The van der Waals surface area contributed by atoms with Gasteiger partial charge in [-0.2, -0.15) is 0 Å². The van der Waals surface area contributed by atoms with Gasteiger partial charge in [-0.15, -0.1) is 13.2 Å². The van der Waals surface area contributed by atoms with E-state index in [2.05, 4.69) is 10.1 Å². The molecule has 112 valence electrons. The maximum Gasteiger partial charge on any atom is 0.573 e. The third-order valence-electron chi connectivity index (χ3n) is 3.26. The van der Waals surface area contributed by atoms with Gasteiger partial charge < -0.3 is 14.8 Å². The molecule has 1 saturated heterocycles. The van der Waals surface area contributed by atoms with Crippen molar-refractivity contribution in [1.82, 2.24) is 5.32 Å². The first-order valence-corrected chi connectivity index (χ1v) is 6.62. The number of para-hydroxylation sites is 1. The highest BCUT2D eigenvalue weighted by molar-refractivity contribution is 5.33. The number of halogens is 3. The molecule has 1 aromatic carbocycles. The minimum Gasteiger partial charge on any atom is -0.405 e. The number of hydrogen-bond donors (Lipinski definition) is 1. The largest absolute Gasteiger partial charge is 0.573 e. The summed E-state index contributed by atoms with van der Waals surface area (Å²) in [5.41, 5.74) is 0.504. The molecular weight excluding hydrogens is 271 g/mol. The van der Waals surface area contributed by atoms with E-state index < -0.39 is 6.36 Å². The number of ether oxygens (including phenoxy) is 2. The summed E-state index contributed by atoms with van der Waals surface area (Å²) >= 11 is 0. The van der Waals surface area contributed by atoms with Crippen molar-refractivity contribution in [2.75, 3.05) is 6.61 Å². The van der Waals surface area contributed by atoms with Crippen molar-refractivity contribution in [2.45, 2.75) is 44.8 Å². The summed E-state index contributed by atoms with van der Waals surface area (Å²) in [6.07, 6.45) is -2.75. The summed E-state index contributed by atoms with van der Waals surface area (Å²) in [7, 11) is 0. The van der Waals surface area contributed by atoms with Crippen LogP contribution in [0.4, 0.5) is 13.2 Å². The van der Waals surface area contributed by atoms with Crippen LogP contribution < -0.4 is 10.1 Å². The Hall–Kier alpha value is -1.27. The van der Waals surface area contributed by atoms with Gasteiger partial charge in [0.15, 0.2) is 0 Å².